The quantitative estimate of drug-likeness (QED) is 0.526. The maximum absolute atomic E-state index is 10.6. The second kappa shape index (κ2) is 5.44. The van der Waals surface area contributed by atoms with Gasteiger partial charge in [0, 0.05) is 24.7 Å². The van der Waals surface area contributed by atoms with E-state index in [0.29, 0.717) is 0 Å². The van der Waals surface area contributed by atoms with Crippen LogP contribution in [0.1, 0.15) is 19.8 Å². The number of likely N-dealkylation sites (tertiary alicyclic amines) is 1. The predicted molar refractivity (Wildman–Crippen MR) is 60.6 cm³/mol. The Morgan fingerprint density at radius 3 is 2.33 bits per heavy atom. The summed E-state index contributed by atoms with van der Waals surface area (Å²) in [6.45, 7) is 3.52. The molecule has 1 saturated heterocycles. The highest BCUT2D eigenvalue weighted by atomic mass is 16.1. The number of aldehydes is 1. The van der Waals surface area contributed by atoms with Crippen molar-refractivity contribution in [3.63, 3.8) is 0 Å². The number of nitrogens with two attached hydrogens (primary N) is 2. The first kappa shape index (κ1) is 11.6. The molecule has 0 saturated carbocycles. The van der Waals surface area contributed by atoms with Crippen molar-refractivity contribution in [2.45, 2.75) is 19.8 Å². The first-order chi connectivity index (χ1) is 7.13. The average Bonchev–Trinajstić information content (AvgIpc) is 2.26. The summed E-state index contributed by atoms with van der Waals surface area (Å²) in [6.07, 6.45) is 6.44. The zero-order valence-corrected chi connectivity index (χ0v) is 9.15. The Hall–Kier alpha value is -1.45. The molecule has 0 aromatic heterocycles. The van der Waals surface area contributed by atoms with Crippen LogP contribution in [-0.4, -0.2) is 24.3 Å². The number of hydrogen-bond acceptors (Lipinski definition) is 4. The first-order valence-corrected chi connectivity index (χ1v) is 5.23. The number of rotatable bonds is 3. The van der Waals surface area contributed by atoms with Gasteiger partial charge in [-0.3, -0.25) is 0 Å². The molecular weight excluding hydrogens is 190 g/mol. The molecule has 4 heteroatoms. The zero-order valence-electron chi connectivity index (χ0n) is 9.15. The van der Waals surface area contributed by atoms with Gasteiger partial charge in [0.1, 0.15) is 6.29 Å². The van der Waals surface area contributed by atoms with Crippen molar-refractivity contribution in [1.82, 2.24) is 4.90 Å². The first-order valence-electron chi connectivity index (χ1n) is 5.23. The van der Waals surface area contributed by atoms with Gasteiger partial charge in [0.25, 0.3) is 0 Å². The summed E-state index contributed by atoms with van der Waals surface area (Å²) < 4.78 is 0. The van der Waals surface area contributed by atoms with Crippen LogP contribution in [-0.2, 0) is 4.79 Å². The molecule has 1 rings (SSSR count). The Bertz CT molecular complexity index is 272. The van der Waals surface area contributed by atoms with Crippen LogP contribution in [0.15, 0.2) is 23.7 Å². The van der Waals surface area contributed by atoms with Crippen LogP contribution >= 0.6 is 0 Å². The molecule has 1 heterocycles. The van der Waals surface area contributed by atoms with E-state index in [0.717, 1.165) is 43.7 Å². The van der Waals surface area contributed by atoms with E-state index >= 15 is 0 Å². The summed E-state index contributed by atoms with van der Waals surface area (Å²) in [6, 6.07) is 0. The lowest BCUT2D eigenvalue weighted by molar-refractivity contribution is -0.112. The predicted octanol–water partition coefficient (Wildman–Crippen LogP) is 0.560. The van der Waals surface area contributed by atoms with E-state index in [1.807, 2.05) is 13.0 Å². The Labute approximate surface area is 90.6 Å². The highest BCUT2D eigenvalue weighted by Gasteiger charge is 2.18. The molecule has 0 spiro atoms. The summed E-state index contributed by atoms with van der Waals surface area (Å²) in [7, 11) is 0. The molecule has 15 heavy (non-hydrogen) atoms. The number of allylic oxidation sites excluding steroid dienone is 3. The molecule has 0 aromatic carbocycles. The smallest absolute Gasteiger partial charge is 0.123 e. The van der Waals surface area contributed by atoms with Crippen molar-refractivity contribution in [1.29, 1.82) is 0 Å². The van der Waals surface area contributed by atoms with Gasteiger partial charge in [-0.1, -0.05) is 0 Å². The van der Waals surface area contributed by atoms with Gasteiger partial charge in [-0.2, -0.15) is 0 Å². The standard InChI is InChI=1S/C11H19N3O/c1-9(12)2-3-11(13)14-6-4-10(8-15)5-7-14/h2-3,8,10H,4-7,12-13H2,1H3/b9-2-,11-3+. The number of piperidine rings is 1. The molecule has 0 radical (unpaired) electrons. The van der Waals surface area contributed by atoms with E-state index in [4.69, 9.17) is 11.5 Å². The average molecular weight is 209 g/mol. The summed E-state index contributed by atoms with van der Waals surface area (Å²) in [4.78, 5) is 12.6. The summed E-state index contributed by atoms with van der Waals surface area (Å²) in [5, 5.41) is 0. The number of carbonyl (C=O) groups is 1. The second-order valence-electron chi connectivity index (χ2n) is 3.96. The van der Waals surface area contributed by atoms with Crippen LogP contribution in [0, 0.1) is 5.92 Å². The maximum Gasteiger partial charge on any atom is 0.123 e. The molecule has 0 atom stereocenters. The van der Waals surface area contributed by atoms with Crippen LogP contribution in [0.5, 0.6) is 0 Å². The third-order valence-electron chi connectivity index (χ3n) is 2.61. The van der Waals surface area contributed by atoms with Crippen LogP contribution in [0.2, 0.25) is 0 Å². The largest absolute Gasteiger partial charge is 0.402 e. The highest BCUT2D eigenvalue weighted by Crippen LogP contribution is 2.16. The summed E-state index contributed by atoms with van der Waals surface area (Å²) >= 11 is 0. The number of hydrogen-bond donors (Lipinski definition) is 2. The van der Waals surface area contributed by atoms with Gasteiger partial charge in [0.15, 0.2) is 0 Å². The van der Waals surface area contributed by atoms with Gasteiger partial charge in [0.2, 0.25) is 0 Å². The van der Waals surface area contributed by atoms with Crippen molar-refractivity contribution in [3.05, 3.63) is 23.7 Å². The van der Waals surface area contributed by atoms with Crippen molar-refractivity contribution in [2.24, 2.45) is 17.4 Å². The third kappa shape index (κ3) is 3.65. The van der Waals surface area contributed by atoms with Gasteiger partial charge >= 0.3 is 0 Å². The topological polar surface area (TPSA) is 72.3 Å². The normalized spacial score (nSPS) is 20.5. The Morgan fingerprint density at radius 2 is 1.87 bits per heavy atom. The number of carbonyl (C=O) groups excluding carboxylic acids is 1. The fourth-order valence-electron chi connectivity index (χ4n) is 1.62. The molecule has 0 bridgehead atoms. The maximum atomic E-state index is 10.6. The molecule has 1 aliphatic heterocycles. The minimum atomic E-state index is 0.209. The van der Waals surface area contributed by atoms with E-state index in [1.54, 1.807) is 6.08 Å². The van der Waals surface area contributed by atoms with E-state index in [1.165, 1.54) is 0 Å². The number of nitrogens with zero attached hydrogens (tertiary/aromatic N) is 1. The van der Waals surface area contributed by atoms with Crippen LogP contribution in [0.3, 0.4) is 0 Å². The highest BCUT2D eigenvalue weighted by molar-refractivity contribution is 5.53. The fourth-order valence-corrected chi connectivity index (χ4v) is 1.62. The lowest BCUT2D eigenvalue weighted by atomic mass is 9.99. The van der Waals surface area contributed by atoms with Gasteiger partial charge in [0.05, 0.1) is 5.82 Å². The molecule has 1 fully saturated rings. The van der Waals surface area contributed by atoms with Crippen molar-refractivity contribution in [3.8, 4) is 0 Å². The minimum absolute atomic E-state index is 0.209. The second-order valence-corrected chi connectivity index (χ2v) is 3.96. The monoisotopic (exact) mass is 209 g/mol. The lowest BCUT2D eigenvalue weighted by Gasteiger charge is -2.31. The third-order valence-corrected chi connectivity index (χ3v) is 2.61. The Balaban J connectivity index is 2.49. The molecule has 4 nitrogen and oxygen atoms in total. The van der Waals surface area contributed by atoms with Gasteiger partial charge in [-0.05, 0) is 31.9 Å². The van der Waals surface area contributed by atoms with Crippen molar-refractivity contribution in [2.75, 3.05) is 13.1 Å². The van der Waals surface area contributed by atoms with Crippen molar-refractivity contribution < 1.29 is 4.79 Å². The van der Waals surface area contributed by atoms with Gasteiger partial charge in [-0.25, -0.2) is 0 Å². The molecule has 84 valence electrons. The minimum Gasteiger partial charge on any atom is -0.402 e. The van der Waals surface area contributed by atoms with E-state index in [-0.39, 0.29) is 5.92 Å². The Morgan fingerprint density at radius 1 is 1.27 bits per heavy atom. The lowest BCUT2D eigenvalue weighted by Crippen LogP contribution is -2.36. The SMILES string of the molecule is C/C(N)=C/C=C(\N)N1CCC(C=O)CC1. The summed E-state index contributed by atoms with van der Waals surface area (Å²) in [5.41, 5.74) is 12.1. The molecule has 1 aliphatic rings. The fraction of sp³-hybridized carbons (Fsp3) is 0.545. The molecule has 0 aliphatic carbocycles. The molecule has 0 aromatic rings. The van der Waals surface area contributed by atoms with E-state index in [9.17, 15) is 4.79 Å². The zero-order chi connectivity index (χ0) is 11.3. The van der Waals surface area contributed by atoms with Crippen LogP contribution < -0.4 is 11.5 Å². The van der Waals surface area contributed by atoms with Crippen LogP contribution in [0.25, 0.3) is 0 Å². The van der Waals surface area contributed by atoms with E-state index < -0.39 is 0 Å². The molecule has 4 N–H and O–H groups in total. The van der Waals surface area contributed by atoms with Crippen LogP contribution in [0.4, 0.5) is 0 Å². The van der Waals surface area contributed by atoms with E-state index in [2.05, 4.69) is 4.90 Å². The van der Waals surface area contributed by atoms with Gasteiger partial charge in [-0.15, -0.1) is 0 Å². The molecular formula is C11H19N3O. The van der Waals surface area contributed by atoms with Gasteiger partial charge < -0.3 is 21.2 Å². The summed E-state index contributed by atoms with van der Waals surface area (Å²) in [5.74, 6) is 0.935. The molecule has 0 unspecified atom stereocenters. The van der Waals surface area contributed by atoms with Crippen molar-refractivity contribution >= 4 is 6.29 Å². The Kier molecular flexibility index (Phi) is 4.21. The molecule has 0 amide bonds.